The number of hydrogen-bond acceptors (Lipinski definition) is 6. The van der Waals surface area contributed by atoms with E-state index in [-0.39, 0.29) is 29.9 Å². The van der Waals surface area contributed by atoms with Gasteiger partial charge in [0.25, 0.3) is 5.91 Å². The first kappa shape index (κ1) is 31.2. The van der Waals surface area contributed by atoms with E-state index in [1.165, 1.54) is 13.2 Å². The van der Waals surface area contributed by atoms with Crippen LogP contribution in [0.3, 0.4) is 0 Å². The van der Waals surface area contributed by atoms with Gasteiger partial charge in [-0.05, 0) is 40.1 Å². The zero-order valence-electron chi connectivity index (χ0n) is 23.6. The van der Waals surface area contributed by atoms with Crippen molar-refractivity contribution in [3.8, 4) is 17.1 Å². The predicted molar refractivity (Wildman–Crippen MR) is 150 cm³/mol. The molecule has 1 aliphatic rings. The lowest BCUT2D eigenvalue weighted by Gasteiger charge is -2.26. The van der Waals surface area contributed by atoms with Gasteiger partial charge >= 0.3 is 18.4 Å². The Morgan fingerprint density at radius 3 is 2.27 bits per heavy atom. The maximum Gasteiger partial charge on any atom is 0.416 e. The van der Waals surface area contributed by atoms with E-state index in [9.17, 15) is 31.1 Å². The Morgan fingerprint density at radius 2 is 1.59 bits per heavy atom. The second-order valence-corrected chi connectivity index (χ2v) is 10.3. The van der Waals surface area contributed by atoms with Gasteiger partial charge in [0.15, 0.2) is 0 Å². The molecule has 0 radical (unpaired) electrons. The average Bonchev–Trinajstić information content (AvgIpc) is 3.00. The van der Waals surface area contributed by atoms with Gasteiger partial charge in [0, 0.05) is 45.0 Å². The molecule has 13 heteroatoms. The smallest absolute Gasteiger partial charge is 0.416 e. The van der Waals surface area contributed by atoms with Gasteiger partial charge < -0.3 is 14.4 Å². The molecule has 1 aromatic heterocycles. The lowest BCUT2D eigenvalue weighted by atomic mass is 9.97. The molecule has 0 saturated carbocycles. The molecule has 5 rings (SSSR count). The summed E-state index contributed by atoms with van der Waals surface area (Å²) in [5.41, 5.74) is -2.42. The van der Waals surface area contributed by atoms with Crippen molar-refractivity contribution in [2.24, 2.45) is 0 Å². The van der Waals surface area contributed by atoms with E-state index in [4.69, 9.17) is 9.47 Å². The second-order valence-electron chi connectivity index (χ2n) is 10.3. The summed E-state index contributed by atoms with van der Waals surface area (Å²) in [5.74, 6) is -0.737. The highest BCUT2D eigenvalue weighted by Crippen LogP contribution is 2.37. The molecule has 0 N–H and O–H groups in total. The Bertz CT molecular complexity index is 1600. The summed E-state index contributed by atoms with van der Waals surface area (Å²) >= 11 is 0. The van der Waals surface area contributed by atoms with E-state index in [1.807, 2.05) is 30.3 Å². The van der Waals surface area contributed by atoms with Gasteiger partial charge in [-0.3, -0.25) is 9.69 Å². The number of benzene rings is 3. The van der Waals surface area contributed by atoms with Crippen LogP contribution in [-0.2, 0) is 23.6 Å². The first-order chi connectivity index (χ1) is 20.9. The highest BCUT2D eigenvalue weighted by molar-refractivity contribution is 6.04. The number of hydrogen-bond donors (Lipinski definition) is 0. The predicted octanol–water partition coefficient (Wildman–Crippen LogP) is 6.32. The molecule has 3 aromatic carbocycles. The Labute approximate surface area is 249 Å². The molecule has 1 amide bonds. The zero-order valence-corrected chi connectivity index (χ0v) is 23.6. The topological polar surface area (TPSA) is 67.8 Å². The fourth-order valence-corrected chi connectivity index (χ4v) is 4.98. The van der Waals surface area contributed by atoms with Gasteiger partial charge in [-0.15, -0.1) is 0 Å². The van der Waals surface area contributed by atoms with Gasteiger partial charge in [-0.1, -0.05) is 42.5 Å². The number of alkyl halides is 6. The molecule has 0 aliphatic carbocycles. The Balaban J connectivity index is 1.48. The van der Waals surface area contributed by atoms with Crippen LogP contribution in [0.1, 0.15) is 27.2 Å². The largest absolute Gasteiger partial charge is 0.462 e. The Hall–Kier alpha value is -4.23. The number of carbonyl (C=O) groups excluding carboxylic acids is 1. The number of nitrogens with zero attached hydrogens (tertiary/aromatic N) is 4. The van der Waals surface area contributed by atoms with Crippen LogP contribution in [-0.4, -0.2) is 72.2 Å². The Kier molecular flexibility index (Phi) is 9.07. The van der Waals surface area contributed by atoms with Crippen molar-refractivity contribution in [1.82, 2.24) is 19.8 Å². The third-order valence-corrected chi connectivity index (χ3v) is 7.21. The van der Waals surface area contributed by atoms with Gasteiger partial charge in [0.05, 0.1) is 24.3 Å². The van der Waals surface area contributed by atoms with Crippen LogP contribution < -0.4 is 4.74 Å². The third-order valence-electron chi connectivity index (χ3n) is 7.21. The summed E-state index contributed by atoms with van der Waals surface area (Å²) in [4.78, 5) is 25.7. The lowest BCUT2D eigenvalue weighted by Crippen LogP contribution is -2.38. The van der Waals surface area contributed by atoms with E-state index in [2.05, 4.69) is 14.9 Å². The van der Waals surface area contributed by atoms with Crippen LogP contribution in [0, 0.1) is 0 Å². The number of aromatic nitrogens is 2. The molecule has 44 heavy (non-hydrogen) atoms. The van der Waals surface area contributed by atoms with Crippen molar-refractivity contribution in [2.45, 2.75) is 18.9 Å². The van der Waals surface area contributed by atoms with E-state index >= 15 is 0 Å². The summed E-state index contributed by atoms with van der Waals surface area (Å²) in [6.45, 7) is 2.95. The van der Waals surface area contributed by atoms with Crippen molar-refractivity contribution in [2.75, 3.05) is 46.5 Å². The zero-order chi connectivity index (χ0) is 31.5. The van der Waals surface area contributed by atoms with Crippen molar-refractivity contribution in [3.05, 3.63) is 89.2 Å². The minimum Gasteiger partial charge on any atom is -0.462 e. The van der Waals surface area contributed by atoms with Crippen molar-refractivity contribution in [3.63, 3.8) is 0 Å². The molecule has 0 bridgehead atoms. The van der Waals surface area contributed by atoms with Crippen LogP contribution in [0.5, 0.6) is 6.01 Å². The molecule has 1 fully saturated rings. The van der Waals surface area contributed by atoms with E-state index < -0.39 is 35.9 Å². The number of fused-ring (bicyclic) bond motifs is 1. The number of halogens is 6. The molecule has 0 spiro atoms. The molecule has 4 aromatic rings. The number of rotatable bonds is 8. The standard InChI is InChI=1S/C31H28F6N4O3/c1-40(19-20-15-22(30(32,33)34)17-23(16-20)31(35,36)37)28(42)27-26(25-8-4-6-21-5-2-3-7-24(21)25)18-38-29(39-27)44-14-11-41-9-12-43-13-10-41/h2-8,15-18H,9-14,19H2,1H3. The quantitative estimate of drug-likeness (QED) is 0.216. The van der Waals surface area contributed by atoms with Crippen molar-refractivity contribution >= 4 is 16.7 Å². The van der Waals surface area contributed by atoms with Crippen molar-refractivity contribution in [1.29, 1.82) is 0 Å². The van der Waals surface area contributed by atoms with Gasteiger partial charge in [-0.25, -0.2) is 4.98 Å². The van der Waals surface area contributed by atoms with Crippen LogP contribution in [0.4, 0.5) is 26.3 Å². The van der Waals surface area contributed by atoms with Gasteiger partial charge in [-0.2, -0.15) is 31.3 Å². The SMILES string of the molecule is CN(Cc1cc(C(F)(F)F)cc(C(F)(F)F)c1)C(=O)c1nc(OCCN2CCOCC2)ncc1-c1cccc2ccccc12. The van der Waals surface area contributed by atoms with E-state index in [1.54, 1.807) is 12.1 Å². The van der Waals surface area contributed by atoms with Crippen LogP contribution in [0.15, 0.2) is 66.9 Å². The Morgan fingerprint density at radius 1 is 0.932 bits per heavy atom. The molecule has 7 nitrogen and oxygen atoms in total. The minimum atomic E-state index is -5.01. The molecule has 2 heterocycles. The molecular formula is C31H28F6N4O3. The first-order valence-corrected chi connectivity index (χ1v) is 13.7. The van der Waals surface area contributed by atoms with E-state index in [0.29, 0.717) is 43.0 Å². The summed E-state index contributed by atoms with van der Waals surface area (Å²) in [6.07, 6.45) is -8.59. The average molecular weight is 619 g/mol. The molecule has 1 saturated heterocycles. The lowest BCUT2D eigenvalue weighted by molar-refractivity contribution is -0.143. The third kappa shape index (κ3) is 7.28. The van der Waals surface area contributed by atoms with E-state index in [0.717, 1.165) is 28.8 Å². The van der Waals surface area contributed by atoms with Crippen LogP contribution >= 0.6 is 0 Å². The second kappa shape index (κ2) is 12.8. The fourth-order valence-electron chi connectivity index (χ4n) is 4.98. The summed E-state index contributed by atoms with van der Waals surface area (Å²) in [6, 6.07) is 14.1. The number of morpholine rings is 1. The number of ether oxygens (including phenoxy) is 2. The monoisotopic (exact) mass is 618 g/mol. The molecule has 1 aliphatic heterocycles. The number of amides is 1. The summed E-state index contributed by atoms with van der Waals surface area (Å²) in [5, 5.41) is 1.68. The minimum absolute atomic E-state index is 0.0505. The van der Waals surface area contributed by atoms with Gasteiger partial charge in [0.1, 0.15) is 12.3 Å². The van der Waals surface area contributed by atoms with Gasteiger partial charge in [0.2, 0.25) is 0 Å². The van der Waals surface area contributed by atoms with Crippen molar-refractivity contribution < 1.29 is 40.6 Å². The van der Waals surface area contributed by atoms with Crippen LogP contribution in [0.25, 0.3) is 21.9 Å². The maximum atomic E-state index is 13.8. The highest BCUT2D eigenvalue weighted by atomic mass is 19.4. The first-order valence-electron chi connectivity index (χ1n) is 13.7. The highest BCUT2D eigenvalue weighted by Gasteiger charge is 2.37. The maximum absolute atomic E-state index is 13.8. The molecule has 232 valence electrons. The summed E-state index contributed by atoms with van der Waals surface area (Å²) in [7, 11) is 1.28. The number of carbonyl (C=O) groups is 1. The summed E-state index contributed by atoms with van der Waals surface area (Å²) < 4.78 is 91.8. The van der Waals surface area contributed by atoms with Crippen LogP contribution in [0.2, 0.25) is 0 Å². The normalized spacial score (nSPS) is 14.5. The molecule has 0 unspecified atom stereocenters. The molecular weight excluding hydrogens is 590 g/mol. The molecule has 0 atom stereocenters. The fraction of sp³-hybridized carbons (Fsp3) is 0.323.